The molecule has 5 nitrogen and oxygen atoms in total. The van der Waals surface area contributed by atoms with Crippen LogP contribution in [0.25, 0.3) is 0 Å². The molecule has 2 aromatic rings. The average Bonchev–Trinajstić information content (AvgIpc) is 2.81. The SMILES string of the molecule is COc1ccc([C@@H]2C[C@H]3C(=O)[C@@](O)(C(=O)N3c3ccccc3)[C@@H]2C)cc1. The summed E-state index contributed by atoms with van der Waals surface area (Å²) in [4.78, 5) is 27.4. The second kappa shape index (κ2) is 5.95. The van der Waals surface area contributed by atoms with E-state index in [1.54, 1.807) is 26.2 Å². The number of anilines is 1. The number of rotatable bonds is 3. The van der Waals surface area contributed by atoms with E-state index in [9.17, 15) is 14.7 Å². The summed E-state index contributed by atoms with van der Waals surface area (Å²) in [6.07, 6.45) is 0.495. The van der Waals surface area contributed by atoms with Gasteiger partial charge in [0.15, 0.2) is 5.78 Å². The molecule has 1 N–H and O–H groups in total. The van der Waals surface area contributed by atoms with Crippen molar-refractivity contribution in [1.82, 2.24) is 0 Å². The van der Waals surface area contributed by atoms with Gasteiger partial charge in [-0.1, -0.05) is 37.3 Å². The molecule has 1 saturated carbocycles. The van der Waals surface area contributed by atoms with Gasteiger partial charge in [0.25, 0.3) is 5.91 Å². The molecule has 4 rings (SSSR count). The molecule has 1 amide bonds. The summed E-state index contributed by atoms with van der Waals surface area (Å²) >= 11 is 0. The lowest BCUT2D eigenvalue weighted by molar-refractivity contribution is -0.153. The van der Waals surface area contributed by atoms with E-state index in [-0.39, 0.29) is 11.7 Å². The number of aliphatic hydroxyl groups is 1. The first kappa shape index (κ1) is 16.8. The number of ether oxygens (including phenoxy) is 1. The highest BCUT2D eigenvalue weighted by Crippen LogP contribution is 2.49. The average molecular weight is 351 g/mol. The van der Waals surface area contributed by atoms with E-state index < -0.39 is 23.5 Å². The van der Waals surface area contributed by atoms with Crippen LogP contribution >= 0.6 is 0 Å². The molecule has 4 atom stereocenters. The highest BCUT2D eigenvalue weighted by molar-refractivity contribution is 6.26. The van der Waals surface area contributed by atoms with Crippen LogP contribution in [0.5, 0.6) is 5.75 Å². The number of amides is 1. The Hall–Kier alpha value is -2.66. The summed E-state index contributed by atoms with van der Waals surface area (Å²) in [5.41, 5.74) is -0.324. The minimum Gasteiger partial charge on any atom is -0.497 e. The fourth-order valence-corrected chi connectivity index (χ4v) is 4.33. The smallest absolute Gasteiger partial charge is 0.267 e. The third kappa shape index (κ3) is 2.20. The predicted molar refractivity (Wildman–Crippen MR) is 97.2 cm³/mol. The van der Waals surface area contributed by atoms with E-state index in [1.165, 1.54) is 4.90 Å². The largest absolute Gasteiger partial charge is 0.497 e. The van der Waals surface area contributed by atoms with Gasteiger partial charge in [0.1, 0.15) is 5.75 Å². The Balaban J connectivity index is 1.75. The maximum Gasteiger partial charge on any atom is 0.267 e. The molecular weight excluding hydrogens is 330 g/mol. The van der Waals surface area contributed by atoms with E-state index in [0.717, 1.165) is 11.3 Å². The molecule has 2 aliphatic rings. The second-order valence-electron chi connectivity index (χ2n) is 7.06. The Bertz CT molecular complexity index is 848. The normalized spacial score (nSPS) is 30.6. The highest BCUT2D eigenvalue weighted by Gasteiger charge is 2.66. The van der Waals surface area contributed by atoms with Crippen molar-refractivity contribution in [3.63, 3.8) is 0 Å². The van der Waals surface area contributed by atoms with Crippen molar-refractivity contribution in [2.24, 2.45) is 5.92 Å². The van der Waals surface area contributed by atoms with Crippen molar-refractivity contribution in [2.45, 2.75) is 30.9 Å². The number of fused-ring (bicyclic) bond motifs is 2. The summed E-state index contributed by atoms with van der Waals surface area (Å²) in [6, 6.07) is 16.1. The van der Waals surface area contributed by atoms with E-state index in [0.29, 0.717) is 12.1 Å². The fraction of sp³-hybridized carbons (Fsp3) is 0.333. The molecular formula is C21H21NO4. The third-order valence-electron chi connectivity index (χ3n) is 5.85. The number of hydrogen-bond acceptors (Lipinski definition) is 4. The summed E-state index contributed by atoms with van der Waals surface area (Å²) < 4.78 is 5.20. The van der Waals surface area contributed by atoms with Crippen LogP contribution in [0.1, 0.15) is 24.8 Å². The van der Waals surface area contributed by atoms with Gasteiger partial charge >= 0.3 is 0 Å². The van der Waals surface area contributed by atoms with Gasteiger partial charge in [-0.2, -0.15) is 0 Å². The number of Topliss-reactive ketones (excluding diaryl/α,β-unsaturated/α-hetero) is 1. The van der Waals surface area contributed by atoms with Gasteiger partial charge < -0.3 is 9.84 Å². The van der Waals surface area contributed by atoms with Crippen molar-refractivity contribution in [2.75, 3.05) is 12.0 Å². The first-order valence-electron chi connectivity index (χ1n) is 8.77. The topological polar surface area (TPSA) is 66.8 Å². The third-order valence-corrected chi connectivity index (χ3v) is 5.85. The molecule has 0 unspecified atom stereocenters. The number of carbonyl (C=O) groups excluding carboxylic acids is 2. The van der Waals surface area contributed by atoms with Gasteiger partial charge in [-0.05, 0) is 42.2 Å². The van der Waals surface area contributed by atoms with Crippen molar-refractivity contribution >= 4 is 17.4 Å². The molecule has 0 spiro atoms. The molecule has 134 valence electrons. The van der Waals surface area contributed by atoms with Crippen LogP contribution in [0.15, 0.2) is 54.6 Å². The summed E-state index contributed by atoms with van der Waals surface area (Å²) in [5, 5.41) is 11.1. The van der Waals surface area contributed by atoms with Crippen LogP contribution in [0.2, 0.25) is 0 Å². The zero-order valence-electron chi connectivity index (χ0n) is 14.8. The van der Waals surface area contributed by atoms with Gasteiger partial charge in [-0.25, -0.2) is 0 Å². The molecule has 0 aromatic heterocycles. The predicted octanol–water partition coefficient (Wildman–Crippen LogP) is 2.53. The van der Waals surface area contributed by atoms with Gasteiger partial charge in [-0.15, -0.1) is 0 Å². The van der Waals surface area contributed by atoms with Gasteiger partial charge in [0, 0.05) is 11.6 Å². The molecule has 2 fully saturated rings. The summed E-state index contributed by atoms with van der Waals surface area (Å²) in [6.45, 7) is 1.79. The molecule has 0 radical (unpaired) electrons. The zero-order chi connectivity index (χ0) is 18.5. The number of hydrogen-bond donors (Lipinski definition) is 1. The molecule has 2 bridgehead atoms. The maximum atomic E-state index is 13.0. The lowest BCUT2D eigenvalue weighted by Gasteiger charge is -2.37. The molecule has 26 heavy (non-hydrogen) atoms. The van der Waals surface area contributed by atoms with Crippen LogP contribution in [-0.4, -0.2) is 35.5 Å². The van der Waals surface area contributed by atoms with Crippen LogP contribution in [-0.2, 0) is 9.59 Å². The molecule has 5 heteroatoms. The monoisotopic (exact) mass is 351 g/mol. The van der Waals surface area contributed by atoms with Crippen LogP contribution in [0.3, 0.4) is 0 Å². The van der Waals surface area contributed by atoms with E-state index in [1.807, 2.05) is 42.5 Å². The molecule has 1 aliphatic carbocycles. The number of para-hydroxylation sites is 1. The van der Waals surface area contributed by atoms with Gasteiger partial charge in [0.2, 0.25) is 5.60 Å². The van der Waals surface area contributed by atoms with Crippen molar-refractivity contribution in [3.8, 4) is 5.75 Å². The van der Waals surface area contributed by atoms with Crippen molar-refractivity contribution < 1.29 is 19.4 Å². The molecule has 1 aliphatic heterocycles. The molecule has 1 heterocycles. The van der Waals surface area contributed by atoms with E-state index in [4.69, 9.17) is 4.74 Å². The van der Waals surface area contributed by atoms with Crippen LogP contribution in [0, 0.1) is 5.92 Å². The minimum atomic E-state index is -1.97. The summed E-state index contributed by atoms with van der Waals surface area (Å²) in [7, 11) is 1.61. The van der Waals surface area contributed by atoms with E-state index in [2.05, 4.69) is 0 Å². The zero-order valence-corrected chi connectivity index (χ0v) is 14.8. The minimum absolute atomic E-state index is 0.0914. The lowest BCUT2D eigenvalue weighted by atomic mass is 9.67. The fourth-order valence-electron chi connectivity index (χ4n) is 4.33. The summed E-state index contributed by atoms with van der Waals surface area (Å²) in [5.74, 6) is -0.741. The number of carbonyl (C=O) groups is 2. The number of nitrogens with zero attached hydrogens (tertiary/aromatic N) is 1. The van der Waals surface area contributed by atoms with Crippen LogP contribution < -0.4 is 9.64 Å². The van der Waals surface area contributed by atoms with Crippen molar-refractivity contribution in [1.29, 1.82) is 0 Å². The first-order valence-corrected chi connectivity index (χ1v) is 8.77. The quantitative estimate of drug-likeness (QED) is 0.863. The van der Waals surface area contributed by atoms with Gasteiger partial charge in [-0.3, -0.25) is 14.5 Å². The maximum absolute atomic E-state index is 13.0. The van der Waals surface area contributed by atoms with E-state index >= 15 is 0 Å². The second-order valence-corrected chi connectivity index (χ2v) is 7.06. The lowest BCUT2D eigenvalue weighted by Crippen LogP contribution is -2.53. The highest BCUT2D eigenvalue weighted by atomic mass is 16.5. The van der Waals surface area contributed by atoms with Crippen molar-refractivity contribution in [3.05, 3.63) is 60.2 Å². The standard InChI is InChI=1S/C21H21NO4/c1-13-17(14-8-10-16(26-2)11-9-14)12-18-19(23)21(13,25)20(24)22(18)15-6-4-3-5-7-15/h3-11,13,17-18,25H,12H2,1-2H3/t13-,17-,18+,21-/m1/s1. The Morgan fingerprint density at radius 3 is 2.35 bits per heavy atom. The Labute approximate surface area is 152 Å². The number of methoxy groups -OCH3 is 1. The van der Waals surface area contributed by atoms with Gasteiger partial charge in [0.05, 0.1) is 13.2 Å². The Morgan fingerprint density at radius 1 is 1.08 bits per heavy atom. The Kier molecular flexibility index (Phi) is 3.84. The molecule has 2 aromatic carbocycles. The Morgan fingerprint density at radius 2 is 1.73 bits per heavy atom. The van der Waals surface area contributed by atoms with Crippen LogP contribution in [0.4, 0.5) is 5.69 Å². The number of ketones is 1. The molecule has 1 saturated heterocycles. The number of benzene rings is 2. The first-order chi connectivity index (χ1) is 12.5.